The molecule has 1 aromatic rings. The van der Waals surface area contributed by atoms with Crippen molar-refractivity contribution in [2.24, 2.45) is 11.8 Å². The van der Waals surface area contributed by atoms with Crippen LogP contribution in [0.4, 0.5) is 18.9 Å². The number of carbonyl (C=O) groups excluding carboxylic acids is 1. The van der Waals surface area contributed by atoms with Crippen LogP contribution in [0.15, 0.2) is 36.4 Å². The summed E-state index contributed by atoms with van der Waals surface area (Å²) in [5.74, 6) is -3.60. The summed E-state index contributed by atoms with van der Waals surface area (Å²) in [6.45, 7) is 0.00852. The Balaban J connectivity index is 1.72. The predicted molar refractivity (Wildman–Crippen MR) is 75.2 cm³/mol. The van der Waals surface area contributed by atoms with Crippen molar-refractivity contribution < 1.29 is 32.6 Å². The average molecular weight is 339 g/mol. The number of carboxylic acid groups (broad SMARTS) is 1. The maximum Gasteiger partial charge on any atom is 0.416 e. The number of carbonyl (C=O) groups is 2. The fourth-order valence-electron chi connectivity index (χ4n) is 3.85. The zero-order valence-corrected chi connectivity index (χ0v) is 12.2. The first-order chi connectivity index (χ1) is 11.2. The number of hydrogen-bond acceptors (Lipinski definition) is 3. The average Bonchev–Trinajstić information content (AvgIpc) is 3.15. The summed E-state index contributed by atoms with van der Waals surface area (Å²) < 4.78 is 44.3. The highest BCUT2D eigenvalue weighted by atomic mass is 19.4. The van der Waals surface area contributed by atoms with E-state index in [0.29, 0.717) is 0 Å². The monoisotopic (exact) mass is 339 g/mol. The molecule has 2 fully saturated rings. The smallest absolute Gasteiger partial charge is 0.416 e. The minimum Gasteiger partial charge on any atom is -0.481 e. The quantitative estimate of drug-likeness (QED) is 0.838. The van der Waals surface area contributed by atoms with Crippen molar-refractivity contribution in [3.63, 3.8) is 0 Å². The van der Waals surface area contributed by atoms with E-state index in [4.69, 9.17) is 4.74 Å². The molecule has 126 valence electrons. The molecule has 3 aliphatic rings. The number of hydrogen-bond donors (Lipinski definition) is 1. The van der Waals surface area contributed by atoms with Crippen LogP contribution in [-0.2, 0) is 20.5 Å². The van der Waals surface area contributed by atoms with E-state index in [1.54, 1.807) is 12.2 Å². The molecule has 1 spiro atoms. The molecule has 3 heterocycles. The Morgan fingerprint density at radius 3 is 2.79 bits per heavy atom. The van der Waals surface area contributed by atoms with Crippen LogP contribution in [0.3, 0.4) is 0 Å². The van der Waals surface area contributed by atoms with Gasteiger partial charge >= 0.3 is 12.1 Å². The highest BCUT2D eigenvalue weighted by Crippen LogP contribution is 2.52. The van der Waals surface area contributed by atoms with E-state index < -0.39 is 47.2 Å². The van der Waals surface area contributed by atoms with Crippen LogP contribution in [0.2, 0.25) is 0 Å². The molecular weight excluding hydrogens is 327 g/mol. The lowest BCUT2D eigenvalue weighted by molar-refractivity contribution is -0.146. The van der Waals surface area contributed by atoms with Gasteiger partial charge in [0, 0.05) is 5.69 Å². The number of rotatable bonds is 2. The van der Waals surface area contributed by atoms with E-state index in [2.05, 4.69) is 0 Å². The van der Waals surface area contributed by atoms with Gasteiger partial charge in [-0.3, -0.25) is 9.59 Å². The number of alkyl halides is 3. The van der Waals surface area contributed by atoms with Crippen molar-refractivity contribution >= 4 is 17.6 Å². The number of fused-ring (bicyclic) bond motifs is 1. The van der Waals surface area contributed by atoms with Gasteiger partial charge in [0.1, 0.15) is 11.5 Å². The second-order valence-electron chi connectivity index (χ2n) is 6.21. The van der Waals surface area contributed by atoms with Gasteiger partial charge in [0.05, 0.1) is 24.1 Å². The SMILES string of the molecule is O=C(O)[C@H]1[C@@H]2C=C[C@@]3(CN(c4cccc(C(F)(F)F)c4)C(=O)[C@@H]13)O2. The van der Waals surface area contributed by atoms with Crippen molar-refractivity contribution in [1.82, 2.24) is 0 Å². The van der Waals surface area contributed by atoms with E-state index in [-0.39, 0.29) is 12.2 Å². The Hall–Kier alpha value is -2.35. The van der Waals surface area contributed by atoms with Crippen molar-refractivity contribution in [3.8, 4) is 0 Å². The zero-order valence-electron chi connectivity index (χ0n) is 12.2. The first kappa shape index (κ1) is 15.2. The largest absolute Gasteiger partial charge is 0.481 e. The molecular formula is C16H12F3NO4. The molecule has 1 aromatic carbocycles. The third kappa shape index (κ3) is 1.92. The third-order valence-corrected chi connectivity index (χ3v) is 4.87. The normalized spacial score (nSPS) is 34.0. The maximum atomic E-state index is 12.9. The number of nitrogens with zero attached hydrogens (tertiary/aromatic N) is 1. The van der Waals surface area contributed by atoms with Crippen LogP contribution in [0, 0.1) is 11.8 Å². The fourth-order valence-corrected chi connectivity index (χ4v) is 3.85. The van der Waals surface area contributed by atoms with Gasteiger partial charge in [0.2, 0.25) is 5.91 Å². The molecule has 4 rings (SSSR count). The van der Waals surface area contributed by atoms with Crippen molar-refractivity contribution in [2.75, 3.05) is 11.4 Å². The van der Waals surface area contributed by atoms with Crippen LogP contribution >= 0.6 is 0 Å². The van der Waals surface area contributed by atoms with Gasteiger partial charge in [0.25, 0.3) is 0 Å². The summed E-state index contributed by atoms with van der Waals surface area (Å²) in [6, 6.07) is 4.43. The summed E-state index contributed by atoms with van der Waals surface area (Å²) in [7, 11) is 0. The lowest BCUT2D eigenvalue weighted by Crippen LogP contribution is -2.39. The Labute approximate surface area is 134 Å². The minimum atomic E-state index is -4.52. The van der Waals surface area contributed by atoms with Gasteiger partial charge < -0.3 is 14.7 Å². The van der Waals surface area contributed by atoms with Crippen molar-refractivity contribution in [1.29, 1.82) is 0 Å². The maximum absolute atomic E-state index is 12.9. The number of aliphatic carboxylic acids is 1. The molecule has 4 atom stereocenters. The van der Waals surface area contributed by atoms with Crippen LogP contribution in [-0.4, -0.2) is 35.2 Å². The van der Waals surface area contributed by atoms with Crippen LogP contribution < -0.4 is 4.90 Å². The number of ether oxygens (including phenoxy) is 1. The fraction of sp³-hybridized carbons (Fsp3) is 0.375. The molecule has 0 aliphatic carbocycles. The van der Waals surface area contributed by atoms with Crippen LogP contribution in [0.25, 0.3) is 0 Å². The standard InChI is InChI=1S/C16H12F3NO4/c17-16(18,19)8-2-1-3-9(6-8)20-7-15-5-4-10(24-15)11(14(22)23)12(15)13(20)21/h1-6,10-12H,7H2,(H,22,23)/t10-,11-,12+,15-/m0/s1. The highest BCUT2D eigenvalue weighted by molar-refractivity contribution is 6.02. The molecule has 3 aliphatic heterocycles. The second kappa shape index (κ2) is 4.60. The summed E-state index contributed by atoms with van der Waals surface area (Å²) in [6.07, 6.45) is -1.92. The first-order valence-electron chi connectivity index (χ1n) is 7.32. The predicted octanol–water partition coefficient (Wildman–Crippen LogP) is 2.08. The van der Waals surface area contributed by atoms with E-state index in [0.717, 1.165) is 12.1 Å². The highest BCUT2D eigenvalue weighted by Gasteiger charge is 2.67. The number of amides is 1. The van der Waals surface area contributed by atoms with Gasteiger partial charge in [-0.05, 0) is 18.2 Å². The van der Waals surface area contributed by atoms with Gasteiger partial charge in [-0.1, -0.05) is 18.2 Å². The molecule has 0 unspecified atom stereocenters. The molecule has 8 heteroatoms. The molecule has 0 saturated carbocycles. The van der Waals surface area contributed by atoms with Gasteiger partial charge in [-0.25, -0.2) is 0 Å². The van der Waals surface area contributed by atoms with Crippen molar-refractivity contribution in [2.45, 2.75) is 17.9 Å². The Morgan fingerprint density at radius 1 is 1.38 bits per heavy atom. The third-order valence-electron chi connectivity index (χ3n) is 4.87. The Bertz CT molecular complexity index is 775. The van der Waals surface area contributed by atoms with Gasteiger partial charge in [-0.2, -0.15) is 13.2 Å². The lowest BCUT2D eigenvalue weighted by atomic mass is 9.77. The number of carboxylic acids is 1. The molecule has 0 radical (unpaired) electrons. The molecule has 2 bridgehead atoms. The minimum absolute atomic E-state index is 0.00852. The summed E-state index contributed by atoms with van der Waals surface area (Å²) in [4.78, 5) is 25.4. The Kier molecular flexibility index (Phi) is 2.91. The topological polar surface area (TPSA) is 66.8 Å². The molecule has 24 heavy (non-hydrogen) atoms. The molecule has 1 N–H and O–H groups in total. The molecule has 5 nitrogen and oxygen atoms in total. The second-order valence-corrected chi connectivity index (χ2v) is 6.21. The van der Waals surface area contributed by atoms with E-state index in [1.807, 2.05) is 0 Å². The van der Waals surface area contributed by atoms with E-state index in [1.165, 1.54) is 17.0 Å². The molecule has 2 saturated heterocycles. The number of halogens is 3. The molecule has 0 aromatic heterocycles. The van der Waals surface area contributed by atoms with Gasteiger partial charge in [-0.15, -0.1) is 0 Å². The summed E-state index contributed by atoms with van der Waals surface area (Å²) >= 11 is 0. The van der Waals surface area contributed by atoms with Crippen molar-refractivity contribution in [3.05, 3.63) is 42.0 Å². The van der Waals surface area contributed by atoms with E-state index >= 15 is 0 Å². The first-order valence-corrected chi connectivity index (χ1v) is 7.32. The summed E-state index contributed by atoms with van der Waals surface area (Å²) in [5.41, 5.74) is -1.85. The summed E-state index contributed by atoms with van der Waals surface area (Å²) in [5, 5.41) is 9.37. The zero-order chi connectivity index (χ0) is 17.3. The van der Waals surface area contributed by atoms with Crippen LogP contribution in [0.1, 0.15) is 5.56 Å². The number of benzene rings is 1. The Morgan fingerprint density at radius 2 is 2.12 bits per heavy atom. The lowest BCUT2D eigenvalue weighted by Gasteiger charge is -2.22. The molecule has 1 amide bonds. The van der Waals surface area contributed by atoms with Crippen LogP contribution in [0.5, 0.6) is 0 Å². The van der Waals surface area contributed by atoms with E-state index in [9.17, 15) is 27.9 Å². The van der Waals surface area contributed by atoms with Gasteiger partial charge in [0.15, 0.2) is 0 Å². The number of anilines is 1.